The van der Waals surface area contributed by atoms with E-state index in [2.05, 4.69) is 21.4 Å². The van der Waals surface area contributed by atoms with Gasteiger partial charge in [0.05, 0.1) is 0 Å². The molecule has 0 aliphatic rings. The number of likely N-dealkylation sites (N-methyl/N-ethyl adjacent to an activating group) is 1. The molecule has 0 atom stereocenters. The summed E-state index contributed by atoms with van der Waals surface area (Å²) in [6, 6.07) is 0. The minimum Gasteiger partial charge on any atom is -0.396 e. The molecule has 0 aliphatic carbocycles. The van der Waals surface area contributed by atoms with E-state index in [-0.39, 0.29) is 6.61 Å². The Kier molecular flexibility index (Phi) is 5.36. The molecule has 1 aromatic rings. The first-order chi connectivity index (χ1) is 7.27. The summed E-state index contributed by atoms with van der Waals surface area (Å²) in [6.07, 6.45) is 4.70. The molecule has 4 nitrogen and oxygen atoms in total. The standard InChI is InChI=1S/C11H21N3O/c1-3-13(6-4-10-15)8-9-14-7-5-12-11(14)2/h5,7,15H,3-4,6,8-10H2,1-2H3. The molecule has 0 bridgehead atoms. The Morgan fingerprint density at radius 3 is 2.80 bits per heavy atom. The van der Waals surface area contributed by atoms with Crippen molar-refractivity contribution in [1.29, 1.82) is 0 Å². The zero-order valence-corrected chi connectivity index (χ0v) is 9.69. The van der Waals surface area contributed by atoms with E-state index in [0.717, 1.165) is 38.4 Å². The number of hydrogen-bond donors (Lipinski definition) is 1. The van der Waals surface area contributed by atoms with E-state index in [1.54, 1.807) is 0 Å². The van der Waals surface area contributed by atoms with Gasteiger partial charge in [-0.3, -0.25) is 0 Å². The Bertz CT molecular complexity index is 273. The fourth-order valence-corrected chi connectivity index (χ4v) is 1.61. The number of aromatic nitrogens is 2. The van der Waals surface area contributed by atoms with Crippen molar-refractivity contribution in [1.82, 2.24) is 14.5 Å². The van der Waals surface area contributed by atoms with E-state index in [4.69, 9.17) is 5.11 Å². The van der Waals surface area contributed by atoms with E-state index in [0.29, 0.717) is 0 Å². The molecular formula is C11H21N3O. The molecule has 0 saturated heterocycles. The van der Waals surface area contributed by atoms with E-state index >= 15 is 0 Å². The highest BCUT2D eigenvalue weighted by Crippen LogP contribution is 1.97. The average Bonchev–Trinajstić information content (AvgIpc) is 2.65. The van der Waals surface area contributed by atoms with Crippen molar-refractivity contribution in [3.63, 3.8) is 0 Å². The first-order valence-electron chi connectivity index (χ1n) is 5.59. The largest absolute Gasteiger partial charge is 0.396 e. The van der Waals surface area contributed by atoms with Crippen LogP contribution in [0.1, 0.15) is 19.2 Å². The summed E-state index contributed by atoms with van der Waals surface area (Å²) in [7, 11) is 0. The van der Waals surface area contributed by atoms with Crippen LogP contribution in [-0.4, -0.2) is 45.8 Å². The fraction of sp³-hybridized carbons (Fsp3) is 0.727. The summed E-state index contributed by atoms with van der Waals surface area (Å²) in [5, 5.41) is 8.77. The van der Waals surface area contributed by atoms with Gasteiger partial charge in [-0.1, -0.05) is 6.92 Å². The second kappa shape index (κ2) is 6.58. The maximum Gasteiger partial charge on any atom is 0.105 e. The fourth-order valence-electron chi connectivity index (χ4n) is 1.61. The molecule has 0 amide bonds. The van der Waals surface area contributed by atoms with Crippen LogP contribution in [0.15, 0.2) is 12.4 Å². The molecule has 1 aromatic heterocycles. The van der Waals surface area contributed by atoms with Gasteiger partial charge in [0.2, 0.25) is 0 Å². The number of aliphatic hydroxyl groups excluding tert-OH is 1. The molecule has 15 heavy (non-hydrogen) atoms. The molecule has 0 fully saturated rings. The van der Waals surface area contributed by atoms with E-state index in [9.17, 15) is 0 Å². The highest BCUT2D eigenvalue weighted by atomic mass is 16.3. The molecule has 0 unspecified atom stereocenters. The van der Waals surface area contributed by atoms with Gasteiger partial charge in [-0.25, -0.2) is 4.98 Å². The lowest BCUT2D eigenvalue weighted by atomic mass is 10.4. The summed E-state index contributed by atoms with van der Waals surface area (Å²) in [4.78, 5) is 6.53. The molecule has 1 N–H and O–H groups in total. The minimum atomic E-state index is 0.278. The van der Waals surface area contributed by atoms with Crippen molar-refractivity contribution in [3.05, 3.63) is 18.2 Å². The van der Waals surface area contributed by atoms with Crippen LogP contribution in [0.2, 0.25) is 0 Å². The van der Waals surface area contributed by atoms with Crippen LogP contribution in [0, 0.1) is 6.92 Å². The van der Waals surface area contributed by atoms with Crippen molar-refractivity contribution in [2.75, 3.05) is 26.2 Å². The topological polar surface area (TPSA) is 41.3 Å². The van der Waals surface area contributed by atoms with Gasteiger partial charge in [-0.05, 0) is 19.9 Å². The maximum absolute atomic E-state index is 8.77. The number of aliphatic hydroxyl groups is 1. The molecule has 1 heterocycles. The van der Waals surface area contributed by atoms with Gasteiger partial charge in [-0.15, -0.1) is 0 Å². The lowest BCUT2D eigenvalue weighted by Gasteiger charge is -2.20. The third kappa shape index (κ3) is 4.01. The number of imidazole rings is 1. The number of nitrogens with zero attached hydrogens (tertiary/aromatic N) is 3. The van der Waals surface area contributed by atoms with Gasteiger partial charge in [0.15, 0.2) is 0 Å². The summed E-state index contributed by atoms with van der Waals surface area (Å²) < 4.78 is 2.15. The quantitative estimate of drug-likeness (QED) is 0.728. The monoisotopic (exact) mass is 211 g/mol. The maximum atomic E-state index is 8.77. The summed E-state index contributed by atoms with van der Waals surface area (Å²) in [5.41, 5.74) is 0. The Morgan fingerprint density at radius 2 is 2.27 bits per heavy atom. The first-order valence-corrected chi connectivity index (χ1v) is 5.59. The molecule has 86 valence electrons. The number of aryl methyl sites for hydroxylation is 1. The van der Waals surface area contributed by atoms with Crippen molar-refractivity contribution in [3.8, 4) is 0 Å². The van der Waals surface area contributed by atoms with E-state index in [1.165, 1.54) is 0 Å². The van der Waals surface area contributed by atoms with Gasteiger partial charge in [-0.2, -0.15) is 0 Å². The predicted molar refractivity (Wildman–Crippen MR) is 60.8 cm³/mol. The molecule has 0 saturated carbocycles. The zero-order valence-electron chi connectivity index (χ0n) is 9.69. The van der Waals surface area contributed by atoms with Crippen LogP contribution in [0.5, 0.6) is 0 Å². The third-order valence-electron chi connectivity index (χ3n) is 2.66. The van der Waals surface area contributed by atoms with Crippen molar-refractivity contribution < 1.29 is 5.11 Å². The SMILES string of the molecule is CCN(CCCO)CCn1ccnc1C. The second-order valence-electron chi connectivity index (χ2n) is 3.68. The Hall–Kier alpha value is -0.870. The number of rotatable bonds is 7. The average molecular weight is 211 g/mol. The molecule has 0 aromatic carbocycles. The summed E-state index contributed by atoms with van der Waals surface area (Å²) in [5.74, 6) is 1.06. The highest BCUT2D eigenvalue weighted by Gasteiger charge is 2.03. The van der Waals surface area contributed by atoms with Crippen LogP contribution in [0.25, 0.3) is 0 Å². The first kappa shape index (κ1) is 12.2. The number of hydrogen-bond acceptors (Lipinski definition) is 3. The highest BCUT2D eigenvalue weighted by molar-refractivity contribution is 4.88. The summed E-state index contributed by atoms with van der Waals surface area (Å²) >= 11 is 0. The van der Waals surface area contributed by atoms with Gasteiger partial charge in [0.25, 0.3) is 0 Å². The van der Waals surface area contributed by atoms with Gasteiger partial charge >= 0.3 is 0 Å². The molecule has 1 rings (SSSR count). The van der Waals surface area contributed by atoms with Crippen LogP contribution in [0.3, 0.4) is 0 Å². The Morgan fingerprint density at radius 1 is 1.47 bits per heavy atom. The molecule has 0 radical (unpaired) electrons. The third-order valence-corrected chi connectivity index (χ3v) is 2.66. The molecular weight excluding hydrogens is 190 g/mol. The van der Waals surface area contributed by atoms with Crippen molar-refractivity contribution in [2.45, 2.75) is 26.8 Å². The second-order valence-corrected chi connectivity index (χ2v) is 3.68. The van der Waals surface area contributed by atoms with Crippen LogP contribution in [-0.2, 0) is 6.54 Å². The Balaban J connectivity index is 2.31. The lowest BCUT2D eigenvalue weighted by molar-refractivity contribution is 0.225. The van der Waals surface area contributed by atoms with Crippen LogP contribution < -0.4 is 0 Å². The molecule has 0 aliphatic heterocycles. The van der Waals surface area contributed by atoms with Crippen molar-refractivity contribution in [2.24, 2.45) is 0 Å². The van der Waals surface area contributed by atoms with Crippen LogP contribution >= 0.6 is 0 Å². The lowest BCUT2D eigenvalue weighted by Crippen LogP contribution is -2.29. The van der Waals surface area contributed by atoms with Crippen LogP contribution in [0.4, 0.5) is 0 Å². The zero-order chi connectivity index (χ0) is 11.1. The van der Waals surface area contributed by atoms with Crippen molar-refractivity contribution >= 4 is 0 Å². The molecule has 4 heteroatoms. The van der Waals surface area contributed by atoms with Gasteiger partial charge in [0, 0.05) is 38.6 Å². The van der Waals surface area contributed by atoms with E-state index < -0.39 is 0 Å². The minimum absolute atomic E-state index is 0.278. The Labute approximate surface area is 91.5 Å². The predicted octanol–water partition coefficient (Wildman–Crippen LogP) is 0.896. The molecule has 0 spiro atoms. The summed E-state index contributed by atoms with van der Waals surface area (Å²) in [6.45, 7) is 8.45. The van der Waals surface area contributed by atoms with Gasteiger partial charge < -0.3 is 14.6 Å². The smallest absolute Gasteiger partial charge is 0.105 e. The van der Waals surface area contributed by atoms with E-state index in [1.807, 2.05) is 19.3 Å². The normalized spacial score (nSPS) is 11.2. The van der Waals surface area contributed by atoms with Gasteiger partial charge in [0.1, 0.15) is 5.82 Å².